The number of carbonyl (C=O) groups excluding carboxylic acids is 1. The molecule has 0 aliphatic rings. The Hall–Kier alpha value is -0.820. The Balaban J connectivity index is 3.88. The summed E-state index contributed by atoms with van der Waals surface area (Å²) in [6.45, 7) is 2.76. The summed E-state index contributed by atoms with van der Waals surface area (Å²) in [6, 6.07) is -0.478. The monoisotopic (exact) mass is 255 g/mol. The van der Waals surface area contributed by atoms with Gasteiger partial charge in [-0.1, -0.05) is 6.92 Å². The SMILES string of the molecule is CCNC(CCN(C)CCC(F)(F)F)C(N)=O. The minimum absolute atomic E-state index is 0.0683. The third-order valence-electron chi connectivity index (χ3n) is 2.37. The summed E-state index contributed by atoms with van der Waals surface area (Å²) in [5, 5.41) is 2.89. The van der Waals surface area contributed by atoms with Crippen LogP contribution < -0.4 is 11.1 Å². The first-order valence-corrected chi connectivity index (χ1v) is 5.54. The molecule has 1 amide bonds. The zero-order valence-electron chi connectivity index (χ0n) is 10.2. The Bertz CT molecular complexity index is 233. The second-order valence-corrected chi connectivity index (χ2v) is 3.97. The standard InChI is InChI=1S/C10H20F3N3O/c1-3-15-8(9(14)17)4-6-16(2)7-5-10(11,12)13/h8,15H,3-7H2,1-2H3,(H2,14,17). The molecule has 102 valence electrons. The Morgan fingerprint density at radius 1 is 1.41 bits per heavy atom. The molecule has 1 atom stereocenters. The van der Waals surface area contributed by atoms with Crippen LogP contribution in [0.15, 0.2) is 0 Å². The van der Waals surface area contributed by atoms with Crippen LogP contribution in [-0.2, 0) is 4.79 Å². The van der Waals surface area contributed by atoms with Gasteiger partial charge in [0.2, 0.25) is 5.91 Å². The number of alkyl halides is 3. The maximum absolute atomic E-state index is 12.0. The molecular weight excluding hydrogens is 235 g/mol. The molecule has 0 aliphatic heterocycles. The van der Waals surface area contributed by atoms with Gasteiger partial charge in [0, 0.05) is 6.54 Å². The summed E-state index contributed by atoms with van der Waals surface area (Å²) < 4.78 is 35.9. The van der Waals surface area contributed by atoms with Crippen molar-refractivity contribution in [2.45, 2.75) is 32.0 Å². The van der Waals surface area contributed by atoms with Crippen molar-refractivity contribution in [2.24, 2.45) is 5.73 Å². The van der Waals surface area contributed by atoms with E-state index in [0.29, 0.717) is 19.5 Å². The lowest BCUT2D eigenvalue weighted by atomic mass is 10.2. The smallest absolute Gasteiger partial charge is 0.368 e. The van der Waals surface area contributed by atoms with Crippen LogP contribution in [0.5, 0.6) is 0 Å². The highest BCUT2D eigenvalue weighted by atomic mass is 19.4. The predicted octanol–water partition coefficient (Wildman–Crippen LogP) is 0.724. The van der Waals surface area contributed by atoms with Crippen LogP contribution in [0.4, 0.5) is 13.2 Å². The lowest BCUT2D eigenvalue weighted by Gasteiger charge is -2.20. The number of hydrogen-bond donors (Lipinski definition) is 2. The van der Waals surface area contributed by atoms with E-state index < -0.39 is 24.5 Å². The highest BCUT2D eigenvalue weighted by Crippen LogP contribution is 2.19. The summed E-state index contributed by atoms with van der Waals surface area (Å²) >= 11 is 0. The van der Waals surface area contributed by atoms with Gasteiger partial charge in [-0.3, -0.25) is 4.79 Å². The maximum atomic E-state index is 12.0. The molecule has 7 heteroatoms. The molecule has 0 saturated heterocycles. The number of nitrogens with one attached hydrogen (secondary N) is 1. The van der Waals surface area contributed by atoms with Gasteiger partial charge >= 0.3 is 6.18 Å². The molecule has 0 fully saturated rings. The number of primary amides is 1. The molecule has 0 heterocycles. The van der Waals surface area contributed by atoms with E-state index in [4.69, 9.17) is 5.73 Å². The third kappa shape index (κ3) is 8.93. The lowest BCUT2D eigenvalue weighted by Crippen LogP contribution is -2.43. The molecule has 0 aromatic rings. The van der Waals surface area contributed by atoms with Crippen LogP contribution in [0, 0.1) is 0 Å². The number of likely N-dealkylation sites (N-methyl/N-ethyl adjacent to an activating group) is 1. The minimum Gasteiger partial charge on any atom is -0.368 e. The summed E-state index contributed by atoms with van der Waals surface area (Å²) in [5.41, 5.74) is 5.15. The molecule has 0 rings (SSSR count). The van der Waals surface area contributed by atoms with Crippen molar-refractivity contribution >= 4 is 5.91 Å². The van der Waals surface area contributed by atoms with Crippen LogP contribution in [-0.4, -0.2) is 49.7 Å². The van der Waals surface area contributed by atoms with Gasteiger partial charge in [-0.25, -0.2) is 0 Å². The molecule has 0 aromatic heterocycles. The topological polar surface area (TPSA) is 58.4 Å². The summed E-state index contributed by atoms with van der Waals surface area (Å²) in [6.07, 6.45) is -4.57. The van der Waals surface area contributed by atoms with Gasteiger partial charge in [0.15, 0.2) is 0 Å². The second kappa shape index (κ2) is 7.50. The summed E-state index contributed by atoms with van der Waals surface area (Å²) in [7, 11) is 1.59. The van der Waals surface area contributed by atoms with Crippen molar-refractivity contribution in [2.75, 3.05) is 26.7 Å². The van der Waals surface area contributed by atoms with Gasteiger partial charge in [0.1, 0.15) is 0 Å². The molecule has 0 aliphatic carbocycles. The van der Waals surface area contributed by atoms with E-state index in [9.17, 15) is 18.0 Å². The summed E-state index contributed by atoms with van der Waals surface area (Å²) in [5.74, 6) is -0.476. The minimum atomic E-state index is -4.14. The zero-order valence-corrected chi connectivity index (χ0v) is 10.2. The van der Waals surface area contributed by atoms with Crippen molar-refractivity contribution in [1.29, 1.82) is 0 Å². The van der Waals surface area contributed by atoms with Gasteiger partial charge in [0.05, 0.1) is 12.5 Å². The Kier molecular flexibility index (Phi) is 7.13. The average Bonchev–Trinajstić information content (AvgIpc) is 2.19. The number of nitrogens with two attached hydrogens (primary N) is 1. The van der Waals surface area contributed by atoms with Crippen molar-refractivity contribution in [3.63, 3.8) is 0 Å². The fraction of sp³-hybridized carbons (Fsp3) is 0.900. The second-order valence-electron chi connectivity index (χ2n) is 3.97. The molecule has 0 bridgehead atoms. The van der Waals surface area contributed by atoms with Crippen molar-refractivity contribution < 1.29 is 18.0 Å². The van der Waals surface area contributed by atoms with Gasteiger partial charge < -0.3 is 16.0 Å². The molecule has 0 saturated carbocycles. The van der Waals surface area contributed by atoms with E-state index in [1.165, 1.54) is 0 Å². The van der Waals surface area contributed by atoms with Crippen LogP contribution in [0.3, 0.4) is 0 Å². The third-order valence-corrected chi connectivity index (χ3v) is 2.37. The van der Waals surface area contributed by atoms with Gasteiger partial charge in [-0.15, -0.1) is 0 Å². The van der Waals surface area contributed by atoms with E-state index in [-0.39, 0.29) is 6.54 Å². The fourth-order valence-electron chi connectivity index (χ4n) is 1.37. The van der Waals surface area contributed by atoms with Crippen LogP contribution in [0.25, 0.3) is 0 Å². The van der Waals surface area contributed by atoms with Crippen LogP contribution >= 0.6 is 0 Å². The quantitative estimate of drug-likeness (QED) is 0.672. The number of rotatable bonds is 8. The van der Waals surface area contributed by atoms with Gasteiger partial charge in [-0.2, -0.15) is 13.2 Å². The first-order valence-electron chi connectivity index (χ1n) is 5.54. The van der Waals surface area contributed by atoms with E-state index >= 15 is 0 Å². The van der Waals surface area contributed by atoms with E-state index in [1.54, 1.807) is 11.9 Å². The molecule has 0 radical (unpaired) electrons. The number of halogens is 3. The predicted molar refractivity (Wildman–Crippen MR) is 59.4 cm³/mol. The largest absolute Gasteiger partial charge is 0.390 e. The van der Waals surface area contributed by atoms with Crippen LogP contribution in [0.1, 0.15) is 19.8 Å². The van der Waals surface area contributed by atoms with Crippen molar-refractivity contribution in [3.8, 4) is 0 Å². The molecule has 0 spiro atoms. The Morgan fingerprint density at radius 2 is 2.00 bits per heavy atom. The van der Waals surface area contributed by atoms with Gasteiger partial charge in [-0.05, 0) is 26.6 Å². The average molecular weight is 255 g/mol. The highest BCUT2D eigenvalue weighted by molar-refractivity contribution is 5.79. The number of carbonyl (C=O) groups is 1. The van der Waals surface area contributed by atoms with E-state index in [0.717, 1.165) is 0 Å². The highest BCUT2D eigenvalue weighted by Gasteiger charge is 2.27. The van der Waals surface area contributed by atoms with Gasteiger partial charge in [0.25, 0.3) is 0 Å². The number of nitrogens with zero attached hydrogens (tertiary/aromatic N) is 1. The molecule has 0 aromatic carbocycles. The number of hydrogen-bond acceptors (Lipinski definition) is 3. The van der Waals surface area contributed by atoms with E-state index in [2.05, 4.69) is 5.32 Å². The Morgan fingerprint density at radius 3 is 2.41 bits per heavy atom. The Labute approximate surface area is 99.3 Å². The molecule has 17 heavy (non-hydrogen) atoms. The fourth-order valence-corrected chi connectivity index (χ4v) is 1.37. The lowest BCUT2D eigenvalue weighted by molar-refractivity contribution is -0.137. The first-order chi connectivity index (χ1) is 7.76. The molecular formula is C10H20F3N3O. The number of amides is 1. The van der Waals surface area contributed by atoms with E-state index in [1.807, 2.05) is 6.92 Å². The first kappa shape index (κ1) is 16.2. The molecule has 4 nitrogen and oxygen atoms in total. The van der Waals surface area contributed by atoms with Crippen LogP contribution in [0.2, 0.25) is 0 Å². The molecule has 1 unspecified atom stereocenters. The normalized spacial score (nSPS) is 14.0. The zero-order chi connectivity index (χ0) is 13.5. The maximum Gasteiger partial charge on any atom is 0.390 e. The van der Waals surface area contributed by atoms with Crippen molar-refractivity contribution in [3.05, 3.63) is 0 Å². The van der Waals surface area contributed by atoms with Crippen molar-refractivity contribution in [1.82, 2.24) is 10.2 Å². The summed E-state index contributed by atoms with van der Waals surface area (Å²) in [4.78, 5) is 12.5. The molecule has 3 N–H and O–H groups in total.